The first-order valence-electron chi connectivity index (χ1n) is 10.8. The monoisotopic (exact) mass is 513 g/mol. The summed E-state index contributed by atoms with van der Waals surface area (Å²) in [6.07, 6.45) is 1.40. The van der Waals surface area contributed by atoms with Gasteiger partial charge in [-0.3, -0.25) is 5.43 Å². The molecule has 1 aromatic carbocycles. The van der Waals surface area contributed by atoms with Crippen molar-refractivity contribution in [3.8, 4) is 0 Å². The topological polar surface area (TPSA) is 207 Å². The van der Waals surface area contributed by atoms with Crippen molar-refractivity contribution in [2.24, 2.45) is 22.9 Å². The molecule has 2 saturated heterocycles. The van der Waals surface area contributed by atoms with E-state index in [1.807, 2.05) is 9.80 Å². The van der Waals surface area contributed by atoms with Gasteiger partial charge < -0.3 is 32.7 Å². The molecule has 2 aliphatic rings. The summed E-state index contributed by atoms with van der Waals surface area (Å²) < 4.78 is 25.2. The van der Waals surface area contributed by atoms with E-state index in [1.54, 1.807) is 18.2 Å². The van der Waals surface area contributed by atoms with E-state index in [2.05, 4.69) is 25.2 Å². The predicted molar refractivity (Wildman–Crippen MR) is 133 cm³/mol. The summed E-state index contributed by atoms with van der Waals surface area (Å²) in [5, 5.41) is 0. The molecule has 1 aromatic heterocycles. The highest BCUT2D eigenvalue weighted by Crippen LogP contribution is 2.22. The summed E-state index contributed by atoms with van der Waals surface area (Å²) in [7, 11) is -3.84. The fourth-order valence-corrected chi connectivity index (χ4v) is 5.01. The largest absolute Gasteiger partial charge is 0.338 e. The molecule has 188 valence electrons. The molecule has 0 bridgehead atoms. The number of nitrogens with zero attached hydrogens (tertiary/aromatic N) is 5. The first-order valence-corrected chi connectivity index (χ1v) is 12.3. The second-order valence-electron chi connectivity index (χ2n) is 8.62. The molecule has 0 spiro atoms. The molecule has 4 rings (SSSR count). The third kappa shape index (κ3) is 6.41. The van der Waals surface area contributed by atoms with Crippen molar-refractivity contribution < 1.29 is 8.42 Å². The Morgan fingerprint density at radius 3 is 1.65 bits per heavy atom. The van der Waals surface area contributed by atoms with Crippen LogP contribution in [0.25, 0.3) is 0 Å². The van der Waals surface area contributed by atoms with Gasteiger partial charge in [0.15, 0.2) is 0 Å². The van der Waals surface area contributed by atoms with E-state index in [0.29, 0.717) is 50.9 Å². The van der Waals surface area contributed by atoms with Gasteiger partial charge in [-0.25, -0.2) is 8.42 Å². The molecule has 0 unspecified atom stereocenters. The van der Waals surface area contributed by atoms with E-state index in [9.17, 15) is 8.42 Å². The van der Waals surface area contributed by atoms with Crippen molar-refractivity contribution in [3.05, 3.63) is 30.3 Å². The number of hydrogen-bond acceptors (Lipinski definition) is 12. The van der Waals surface area contributed by atoms with Crippen LogP contribution in [-0.2, 0) is 10.0 Å². The molecule has 2 aliphatic heterocycles. The average molecular weight is 514 g/mol. The third-order valence-corrected chi connectivity index (χ3v) is 6.82. The van der Waals surface area contributed by atoms with Gasteiger partial charge in [0, 0.05) is 50.3 Å². The molecule has 0 radical (unpaired) electrons. The number of nitrogens with one attached hydrogen (secondary N) is 2. The van der Waals surface area contributed by atoms with Crippen molar-refractivity contribution in [2.45, 2.75) is 41.9 Å². The number of halogens is 1. The molecular weight excluding hydrogens is 482 g/mol. The minimum atomic E-state index is -3.84. The molecule has 13 nitrogen and oxygen atoms in total. The van der Waals surface area contributed by atoms with Crippen molar-refractivity contribution >= 4 is 40.3 Å². The van der Waals surface area contributed by atoms with Crippen LogP contribution in [0.4, 0.5) is 17.8 Å². The fourth-order valence-electron chi connectivity index (χ4n) is 4.15. The van der Waals surface area contributed by atoms with Gasteiger partial charge >= 0.3 is 0 Å². The number of nitrogens with two attached hydrogens (primary N) is 4. The number of sulfonamides is 1. The first-order chi connectivity index (χ1) is 15.7. The lowest BCUT2D eigenvalue weighted by Gasteiger charge is -2.36. The molecule has 2 aromatic rings. The molecule has 0 aliphatic carbocycles. The Hall–Kier alpha value is -2.33. The standard InChI is InChI=1S/C19H31N11O2S.ClH/c20-12-6-13(21)9-29(8-12)18-24-17(27-28-33(31,32)16-4-2-1-3-5-16)25-19(26-18)30-10-14(22)7-15(23)11-30;/h1-5,12-15,28H,6-11,20-23H2,(H,24,25,26,27);1H/t12-,13+,14-,15+;. The van der Waals surface area contributed by atoms with Crippen LogP contribution < -0.4 is 43.0 Å². The second kappa shape index (κ2) is 10.9. The molecule has 2 fully saturated rings. The summed E-state index contributed by atoms with van der Waals surface area (Å²) in [6, 6.07) is 7.48. The van der Waals surface area contributed by atoms with E-state index >= 15 is 0 Å². The Kier molecular flexibility index (Phi) is 8.46. The molecule has 3 heterocycles. The number of hydrogen-bond donors (Lipinski definition) is 6. The van der Waals surface area contributed by atoms with Crippen molar-refractivity contribution in [1.82, 2.24) is 19.8 Å². The van der Waals surface area contributed by atoms with Crippen LogP contribution in [0, 0.1) is 0 Å². The second-order valence-corrected chi connectivity index (χ2v) is 10.3. The lowest BCUT2D eigenvalue weighted by Crippen LogP contribution is -2.54. The lowest BCUT2D eigenvalue weighted by atomic mass is 10.0. The Morgan fingerprint density at radius 2 is 1.21 bits per heavy atom. The summed E-state index contributed by atoms with van der Waals surface area (Å²) in [5.74, 6) is 0.731. The zero-order chi connectivity index (χ0) is 23.6. The van der Waals surface area contributed by atoms with E-state index < -0.39 is 10.0 Å². The molecular formula is C19H32ClN11O2S. The van der Waals surface area contributed by atoms with E-state index in [0.717, 1.165) is 0 Å². The van der Waals surface area contributed by atoms with E-state index in [-0.39, 0.29) is 47.4 Å². The smallest absolute Gasteiger partial charge is 0.257 e. The molecule has 15 heteroatoms. The predicted octanol–water partition coefficient (Wildman–Crippen LogP) is -1.67. The summed E-state index contributed by atoms with van der Waals surface area (Å²) in [4.78, 5) is 19.6. The summed E-state index contributed by atoms with van der Waals surface area (Å²) in [5.41, 5.74) is 27.2. The quantitative estimate of drug-likeness (QED) is 0.239. The van der Waals surface area contributed by atoms with Gasteiger partial charge in [0.25, 0.3) is 10.0 Å². The molecule has 4 atom stereocenters. The van der Waals surface area contributed by atoms with Crippen LogP contribution in [-0.4, -0.2) is 73.7 Å². The highest BCUT2D eigenvalue weighted by molar-refractivity contribution is 7.89. The molecule has 0 amide bonds. The number of rotatable bonds is 6. The maximum absolute atomic E-state index is 12.6. The number of aromatic nitrogens is 3. The normalized spacial score (nSPS) is 25.5. The minimum Gasteiger partial charge on any atom is -0.338 e. The van der Waals surface area contributed by atoms with Gasteiger partial charge in [0.1, 0.15) is 0 Å². The minimum absolute atomic E-state index is 0. The fraction of sp³-hybridized carbons (Fsp3) is 0.526. The van der Waals surface area contributed by atoms with Gasteiger partial charge in [-0.15, -0.1) is 17.2 Å². The molecule has 34 heavy (non-hydrogen) atoms. The first kappa shape index (κ1) is 26.3. The average Bonchev–Trinajstić information content (AvgIpc) is 2.77. The van der Waals surface area contributed by atoms with Gasteiger partial charge in [-0.1, -0.05) is 18.2 Å². The number of hydrazine groups is 1. The summed E-state index contributed by atoms with van der Waals surface area (Å²) >= 11 is 0. The highest BCUT2D eigenvalue weighted by Gasteiger charge is 2.29. The van der Waals surface area contributed by atoms with E-state index in [4.69, 9.17) is 22.9 Å². The van der Waals surface area contributed by atoms with Gasteiger partial charge in [0.05, 0.1) is 4.90 Å². The number of benzene rings is 1. The molecule has 10 N–H and O–H groups in total. The van der Waals surface area contributed by atoms with Crippen LogP contribution >= 0.6 is 12.4 Å². The molecule has 0 saturated carbocycles. The van der Waals surface area contributed by atoms with Gasteiger partial charge in [0.2, 0.25) is 17.8 Å². The SMILES string of the molecule is Cl.N[C@@H]1C[C@H](N)CN(c2nc(NNS(=O)(=O)c3ccccc3)nc(N3C[C@H](N)C[C@H](N)C3)n2)C1. The van der Waals surface area contributed by atoms with Crippen LogP contribution in [0.3, 0.4) is 0 Å². The zero-order valence-corrected chi connectivity index (χ0v) is 20.3. The third-order valence-electron chi connectivity index (χ3n) is 5.56. The zero-order valence-electron chi connectivity index (χ0n) is 18.6. The maximum atomic E-state index is 12.6. The maximum Gasteiger partial charge on any atom is 0.257 e. The summed E-state index contributed by atoms with van der Waals surface area (Å²) in [6.45, 7) is 2.08. The Morgan fingerprint density at radius 1 is 0.765 bits per heavy atom. The van der Waals surface area contributed by atoms with Crippen molar-refractivity contribution in [3.63, 3.8) is 0 Å². The van der Waals surface area contributed by atoms with E-state index in [1.165, 1.54) is 12.1 Å². The van der Waals surface area contributed by atoms with Crippen LogP contribution in [0.1, 0.15) is 12.8 Å². The van der Waals surface area contributed by atoms with Crippen molar-refractivity contribution in [2.75, 3.05) is 41.4 Å². The van der Waals surface area contributed by atoms with Crippen LogP contribution in [0.5, 0.6) is 0 Å². The Balaban J connectivity index is 0.00000324. The number of piperidine rings is 2. The number of anilines is 3. The van der Waals surface area contributed by atoms with Crippen LogP contribution in [0.15, 0.2) is 35.2 Å². The highest BCUT2D eigenvalue weighted by atomic mass is 35.5. The van der Waals surface area contributed by atoms with Gasteiger partial charge in [-0.2, -0.15) is 15.0 Å². The lowest BCUT2D eigenvalue weighted by molar-refractivity contribution is 0.441. The van der Waals surface area contributed by atoms with Crippen LogP contribution in [0.2, 0.25) is 0 Å². The van der Waals surface area contributed by atoms with Gasteiger partial charge in [-0.05, 0) is 25.0 Å². The Labute approximate surface area is 205 Å². The Bertz CT molecular complexity index is 997. The van der Waals surface area contributed by atoms with Crippen molar-refractivity contribution in [1.29, 1.82) is 0 Å².